The molecule has 0 aliphatic carbocycles. The summed E-state index contributed by atoms with van der Waals surface area (Å²) in [6, 6.07) is 8.34. The highest BCUT2D eigenvalue weighted by Crippen LogP contribution is 2.26. The van der Waals surface area contributed by atoms with Crippen molar-refractivity contribution in [3.05, 3.63) is 41.7 Å². The highest BCUT2D eigenvalue weighted by atomic mass is 19.1. The van der Waals surface area contributed by atoms with Gasteiger partial charge in [0.1, 0.15) is 12.9 Å². The summed E-state index contributed by atoms with van der Waals surface area (Å²) in [5.41, 5.74) is 1.82. The van der Waals surface area contributed by atoms with Crippen molar-refractivity contribution >= 4 is 18.3 Å². The van der Waals surface area contributed by atoms with Gasteiger partial charge in [-0.05, 0) is 37.0 Å². The van der Waals surface area contributed by atoms with Gasteiger partial charge in [-0.2, -0.15) is 9.51 Å². The molecular formula is C20H23FN7O+. The van der Waals surface area contributed by atoms with Crippen molar-refractivity contribution in [1.29, 1.82) is 0 Å². The number of quaternary nitrogens is 1. The average Bonchev–Trinajstić information content (AvgIpc) is 3.31. The summed E-state index contributed by atoms with van der Waals surface area (Å²) in [6.45, 7) is 4.58. The van der Waals surface area contributed by atoms with Crippen LogP contribution in [0.3, 0.4) is 0 Å². The predicted molar refractivity (Wildman–Crippen MR) is 108 cm³/mol. The zero-order valence-corrected chi connectivity index (χ0v) is 16.7. The van der Waals surface area contributed by atoms with Crippen LogP contribution in [0.25, 0.3) is 17.0 Å². The normalized spacial score (nSPS) is 18.2. The third-order valence-electron chi connectivity index (χ3n) is 4.70. The Morgan fingerprint density at radius 3 is 2.76 bits per heavy atom. The molecule has 9 heteroatoms. The van der Waals surface area contributed by atoms with E-state index in [0.717, 1.165) is 18.4 Å². The zero-order valence-electron chi connectivity index (χ0n) is 16.7. The van der Waals surface area contributed by atoms with E-state index >= 15 is 0 Å². The van der Waals surface area contributed by atoms with Gasteiger partial charge in [-0.1, -0.05) is 31.1 Å². The first-order chi connectivity index (χ1) is 14.0. The Hall–Kier alpha value is -3.20. The van der Waals surface area contributed by atoms with Crippen LogP contribution in [0.15, 0.2) is 40.4 Å². The molecule has 0 fully saturated rings. The summed E-state index contributed by atoms with van der Waals surface area (Å²) in [4.78, 5) is 4.02. The van der Waals surface area contributed by atoms with E-state index in [4.69, 9.17) is 4.74 Å². The lowest BCUT2D eigenvalue weighted by Crippen LogP contribution is -2.38. The molecule has 4 rings (SSSR count). The van der Waals surface area contributed by atoms with Gasteiger partial charge in [0.15, 0.2) is 17.8 Å². The van der Waals surface area contributed by atoms with Crippen LogP contribution in [-0.4, -0.2) is 50.9 Å². The number of halogens is 1. The SMILES string of the molecule is CC(C)CCc1cc2nnc(-c3ccccc3F)n2nc1OC[N+]1(C)C=NC=N1. The highest BCUT2D eigenvalue weighted by Gasteiger charge is 2.25. The van der Waals surface area contributed by atoms with Crippen LogP contribution in [0.2, 0.25) is 0 Å². The Bertz CT molecular complexity index is 1080. The zero-order chi connectivity index (χ0) is 20.4. The van der Waals surface area contributed by atoms with Crippen molar-refractivity contribution in [3.8, 4) is 17.3 Å². The van der Waals surface area contributed by atoms with Crippen molar-refractivity contribution < 1.29 is 13.7 Å². The van der Waals surface area contributed by atoms with Crippen LogP contribution < -0.4 is 4.74 Å². The van der Waals surface area contributed by atoms with E-state index in [-0.39, 0.29) is 17.1 Å². The summed E-state index contributed by atoms with van der Waals surface area (Å²) < 4.78 is 22.0. The summed E-state index contributed by atoms with van der Waals surface area (Å²) >= 11 is 0. The van der Waals surface area contributed by atoms with E-state index in [1.54, 1.807) is 24.5 Å². The first-order valence-corrected chi connectivity index (χ1v) is 9.52. The van der Waals surface area contributed by atoms with Crippen molar-refractivity contribution in [1.82, 2.24) is 19.8 Å². The third kappa shape index (κ3) is 4.00. The maximum absolute atomic E-state index is 14.3. The second kappa shape index (κ2) is 7.67. The molecule has 0 saturated heterocycles. The van der Waals surface area contributed by atoms with Gasteiger partial charge < -0.3 is 4.74 Å². The number of ether oxygens (including phenoxy) is 1. The summed E-state index contributed by atoms with van der Waals surface area (Å²) in [5.74, 6) is 0.950. The molecule has 0 spiro atoms. The van der Waals surface area contributed by atoms with E-state index in [1.165, 1.54) is 16.9 Å². The Morgan fingerprint density at radius 1 is 1.21 bits per heavy atom. The van der Waals surface area contributed by atoms with Crippen molar-refractivity contribution in [3.63, 3.8) is 0 Å². The number of nitrogens with zero attached hydrogens (tertiary/aromatic N) is 7. The fraction of sp³-hybridized carbons (Fsp3) is 0.350. The predicted octanol–water partition coefficient (Wildman–Crippen LogP) is 3.29. The van der Waals surface area contributed by atoms with Gasteiger partial charge in [0.05, 0.1) is 5.56 Å². The minimum atomic E-state index is -0.379. The van der Waals surface area contributed by atoms with Crippen LogP contribution in [0.5, 0.6) is 5.88 Å². The lowest BCUT2D eigenvalue weighted by atomic mass is 10.0. The molecule has 8 nitrogen and oxygen atoms in total. The van der Waals surface area contributed by atoms with E-state index in [9.17, 15) is 4.39 Å². The van der Waals surface area contributed by atoms with Crippen LogP contribution in [-0.2, 0) is 6.42 Å². The minimum absolute atomic E-state index is 0.172. The number of aryl methyl sites for hydroxylation is 1. The number of fused-ring (bicyclic) bond motifs is 1. The topological polar surface area (TPSA) is 77.0 Å². The molecule has 0 saturated carbocycles. The first-order valence-electron chi connectivity index (χ1n) is 9.52. The molecule has 2 aromatic heterocycles. The second-order valence-corrected chi connectivity index (χ2v) is 7.66. The van der Waals surface area contributed by atoms with Gasteiger partial charge in [0, 0.05) is 5.56 Å². The number of aromatic nitrogens is 4. The third-order valence-corrected chi connectivity index (χ3v) is 4.70. The molecule has 1 atom stereocenters. The van der Waals surface area contributed by atoms with Crippen molar-refractivity contribution in [2.75, 3.05) is 13.8 Å². The minimum Gasteiger partial charge on any atom is -0.423 e. The monoisotopic (exact) mass is 396 g/mol. The molecule has 150 valence electrons. The molecule has 0 radical (unpaired) electrons. The smallest absolute Gasteiger partial charge is 0.255 e. The van der Waals surface area contributed by atoms with Gasteiger partial charge in [-0.15, -0.1) is 19.9 Å². The first kappa shape index (κ1) is 19.1. The standard InChI is InChI=1S/C20H23FN7O/c1-14(2)8-9-15-10-18-24-25-19(16-6-4-5-7-17(16)21)27(18)26-20(15)29-13-28(3)12-22-11-23-28/h4-7,10-12,14H,8-9,13H2,1-3H3/q+1. The van der Waals surface area contributed by atoms with Crippen LogP contribution in [0.1, 0.15) is 25.8 Å². The highest BCUT2D eigenvalue weighted by molar-refractivity contribution is 5.70. The van der Waals surface area contributed by atoms with Crippen LogP contribution >= 0.6 is 0 Å². The fourth-order valence-electron chi connectivity index (χ4n) is 3.02. The quantitative estimate of drug-likeness (QED) is 0.574. The molecular weight excluding hydrogens is 373 g/mol. The van der Waals surface area contributed by atoms with E-state index in [2.05, 4.69) is 39.2 Å². The van der Waals surface area contributed by atoms with Crippen molar-refractivity contribution in [2.45, 2.75) is 26.7 Å². The van der Waals surface area contributed by atoms with Gasteiger partial charge in [0.25, 0.3) is 6.73 Å². The van der Waals surface area contributed by atoms with E-state index in [1.807, 2.05) is 13.1 Å². The fourth-order valence-corrected chi connectivity index (χ4v) is 3.02. The van der Waals surface area contributed by atoms with Crippen LogP contribution in [0.4, 0.5) is 4.39 Å². The molecule has 1 aliphatic heterocycles. The molecule has 0 bridgehead atoms. The Kier molecular flexibility index (Phi) is 5.06. The van der Waals surface area contributed by atoms with Gasteiger partial charge in [0.2, 0.25) is 12.2 Å². The lowest BCUT2D eigenvalue weighted by molar-refractivity contribution is -0.836. The Balaban J connectivity index is 1.74. The number of hydrogen-bond donors (Lipinski definition) is 0. The number of aliphatic imine (C=N–C) groups is 1. The number of rotatable bonds is 7. The maximum atomic E-state index is 14.3. The molecule has 1 unspecified atom stereocenters. The molecule has 29 heavy (non-hydrogen) atoms. The van der Waals surface area contributed by atoms with Gasteiger partial charge in [-0.3, -0.25) is 0 Å². The average molecular weight is 396 g/mol. The van der Waals surface area contributed by atoms with Crippen LogP contribution in [0, 0.1) is 11.7 Å². The summed E-state index contributed by atoms with van der Waals surface area (Å²) in [6.07, 6.45) is 4.96. The van der Waals surface area contributed by atoms with Gasteiger partial charge >= 0.3 is 0 Å². The Morgan fingerprint density at radius 2 is 2.03 bits per heavy atom. The maximum Gasteiger partial charge on any atom is 0.255 e. The lowest BCUT2D eigenvalue weighted by Gasteiger charge is -2.19. The van der Waals surface area contributed by atoms with Gasteiger partial charge in [-0.25, -0.2) is 4.39 Å². The Labute approximate surface area is 167 Å². The summed E-state index contributed by atoms with van der Waals surface area (Å²) in [5, 5.41) is 17.2. The number of hydrogen-bond acceptors (Lipinski definition) is 6. The van der Waals surface area contributed by atoms with E-state index < -0.39 is 0 Å². The summed E-state index contributed by atoms with van der Waals surface area (Å²) in [7, 11) is 1.88. The molecule has 0 amide bonds. The molecule has 1 aromatic carbocycles. The molecule has 1 aliphatic rings. The molecule has 3 aromatic rings. The van der Waals surface area contributed by atoms with Crippen molar-refractivity contribution in [2.24, 2.45) is 16.0 Å². The molecule has 3 heterocycles. The largest absolute Gasteiger partial charge is 0.423 e. The van der Waals surface area contributed by atoms with E-state index in [0.29, 0.717) is 28.8 Å². The molecule has 0 N–H and O–H groups in total. The number of benzene rings is 1. The second-order valence-electron chi connectivity index (χ2n) is 7.66.